The maximum atomic E-state index is 15.1. The Balaban J connectivity index is 1.11. The standard InChI is InChI=1S/C61H84N18O9/c1-61(2,3)88-60(87)70-25-11-10-21-45(51(63)80)74-53(82)46(22-12-26-68-58(64)65)75-54(83)47(23-13-27-69-59(66)67)76-55(84)48(30-36-33-72-43-19-8-5-16-39(36)43)77-56(85)50-24-14-28-79(50)57(86)49(31-37-34-73-44-20-9-6-17-40(37)44)78-52(81)41(62)29-35-32-71-42-18-7-4-15-38(35)42/h4-9,15-20,32-34,41,45-50,71-73H,10-14,21-31,62H2,1-3H3,(H2,63,80)(H,70,87)(H,74,82)(H,75,83)(H,76,84)(H,77,85)(H,78,81)(H4,64,65,68)(H4,66,67,69)/t41-,45-,46-,47-,48-,49-,50-/m0/s1. The number of guanidine groups is 2. The zero-order valence-electron chi connectivity index (χ0n) is 50.0. The molecule has 0 unspecified atom stereocenters. The minimum atomic E-state index is -1.37. The molecule has 1 saturated heterocycles. The van der Waals surface area contributed by atoms with Gasteiger partial charge in [-0.05, 0) is 120 Å². The Kier molecular flexibility index (Phi) is 23.3. The summed E-state index contributed by atoms with van der Waals surface area (Å²) in [6.45, 7) is 5.70. The Labute approximate surface area is 509 Å². The largest absolute Gasteiger partial charge is 0.444 e. The third-order valence-corrected chi connectivity index (χ3v) is 15.1. The summed E-state index contributed by atoms with van der Waals surface area (Å²) < 4.78 is 5.27. The summed E-state index contributed by atoms with van der Waals surface area (Å²) in [7, 11) is 0. The Morgan fingerprint density at radius 3 is 1.50 bits per heavy atom. The van der Waals surface area contributed by atoms with Gasteiger partial charge in [0.05, 0.1) is 6.04 Å². The molecule has 27 heteroatoms. The molecular weight excluding hydrogens is 1130 g/mol. The molecule has 21 N–H and O–H groups in total. The van der Waals surface area contributed by atoms with Crippen molar-refractivity contribution in [2.45, 2.75) is 146 Å². The highest BCUT2D eigenvalue weighted by Crippen LogP contribution is 2.26. The number of fused-ring (bicyclic) bond motifs is 3. The molecule has 27 nitrogen and oxygen atoms in total. The highest BCUT2D eigenvalue weighted by molar-refractivity contribution is 5.99. The Bertz CT molecular complexity index is 3470. The predicted octanol–water partition coefficient (Wildman–Crippen LogP) is 1.19. The minimum Gasteiger partial charge on any atom is -0.444 e. The number of likely N-dealkylation sites (tertiary alicyclic amines) is 1. The van der Waals surface area contributed by atoms with E-state index in [1.54, 1.807) is 39.4 Å². The van der Waals surface area contributed by atoms with Crippen molar-refractivity contribution in [3.63, 3.8) is 0 Å². The summed E-state index contributed by atoms with van der Waals surface area (Å²) in [6.07, 6.45) is 6.58. The lowest BCUT2D eigenvalue weighted by atomic mass is 10.0. The Hall–Kier alpha value is -9.66. The van der Waals surface area contributed by atoms with Crippen molar-refractivity contribution in [3.8, 4) is 0 Å². The van der Waals surface area contributed by atoms with Gasteiger partial charge < -0.3 is 90.9 Å². The normalized spacial score (nSPS) is 15.2. The van der Waals surface area contributed by atoms with Crippen molar-refractivity contribution in [3.05, 3.63) is 108 Å². The summed E-state index contributed by atoms with van der Waals surface area (Å²) in [5.41, 5.74) is 38.8. The predicted molar refractivity (Wildman–Crippen MR) is 335 cm³/mol. The summed E-state index contributed by atoms with van der Waals surface area (Å²) in [5, 5.41) is 19.3. The molecule has 7 atom stereocenters. The van der Waals surface area contributed by atoms with Crippen LogP contribution in [0.4, 0.5) is 4.79 Å². The molecule has 1 fully saturated rings. The molecule has 0 bridgehead atoms. The van der Waals surface area contributed by atoms with Gasteiger partial charge in [-0.3, -0.25) is 43.5 Å². The number of unbranched alkanes of at least 4 members (excludes halogenated alkanes) is 1. The number of nitrogens with one attached hydrogen (secondary N) is 9. The van der Waals surface area contributed by atoms with Crippen LogP contribution in [0.25, 0.3) is 32.7 Å². The van der Waals surface area contributed by atoms with Gasteiger partial charge in [0.1, 0.15) is 41.9 Å². The van der Waals surface area contributed by atoms with E-state index < -0.39 is 95.3 Å². The van der Waals surface area contributed by atoms with E-state index in [1.165, 1.54) is 4.90 Å². The van der Waals surface area contributed by atoms with Gasteiger partial charge in [-0.25, -0.2) is 4.79 Å². The monoisotopic (exact) mass is 1210 g/mol. The second kappa shape index (κ2) is 31.1. The van der Waals surface area contributed by atoms with Crippen LogP contribution in [0.15, 0.2) is 101 Å². The van der Waals surface area contributed by atoms with Crippen molar-refractivity contribution in [1.29, 1.82) is 0 Å². The van der Waals surface area contributed by atoms with Crippen LogP contribution in [0.2, 0.25) is 0 Å². The van der Waals surface area contributed by atoms with Gasteiger partial charge in [0.25, 0.3) is 0 Å². The van der Waals surface area contributed by atoms with Gasteiger partial charge >= 0.3 is 6.09 Å². The molecule has 1 aliphatic rings. The molecule has 1 aliphatic heterocycles. The number of aromatic nitrogens is 3. The fourth-order valence-electron chi connectivity index (χ4n) is 10.8. The first-order valence-electron chi connectivity index (χ1n) is 29.6. The zero-order chi connectivity index (χ0) is 63.5. The Morgan fingerprint density at radius 1 is 0.568 bits per heavy atom. The Morgan fingerprint density at radius 2 is 1.01 bits per heavy atom. The quantitative estimate of drug-likeness (QED) is 0.0165. The highest BCUT2D eigenvalue weighted by atomic mass is 16.6. The number of amides is 8. The molecule has 4 heterocycles. The molecule has 0 spiro atoms. The van der Waals surface area contributed by atoms with Crippen LogP contribution in [0.5, 0.6) is 0 Å². The number of alkyl carbamates (subject to hydrolysis) is 1. The van der Waals surface area contributed by atoms with Crippen molar-refractivity contribution in [1.82, 2.24) is 51.8 Å². The van der Waals surface area contributed by atoms with Crippen molar-refractivity contribution in [2.75, 3.05) is 26.2 Å². The molecule has 3 aromatic carbocycles. The number of primary amides is 1. The van der Waals surface area contributed by atoms with Crippen LogP contribution in [-0.2, 0) is 57.6 Å². The van der Waals surface area contributed by atoms with Gasteiger partial charge in [0.2, 0.25) is 41.4 Å². The summed E-state index contributed by atoms with van der Waals surface area (Å²) in [4.78, 5) is 132. The molecule has 0 saturated carbocycles. The summed E-state index contributed by atoms with van der Waals surface area (Å²) >= 11 is 0. The van der Waals surface area contributed by atoms with Crippen LogP contribution >= 0.6 is 0 Å². The van der Waals surface area contributed by atoms with E-state index >= 15 is 9.59 Å². The third-order valence-electron chi connectivity index (χ3n) is 15.1. The van der Waals surface area contributed by atoms with Gasteiger partial charge in [0, 0.05) is 90.3 Å². The van der Waals surface area contributed by atoms with E-state index in [1.807, 2.05) is 72.8 Å². The van der Waals surface area contributed by atoms with Crippen molar-refractivity contribution >= 4 is 92.1 Å². The molecule has 7 rings (SSSR count). The van der Waals surface area contributed by atoms with Gasteiger partial charge in [-0.2, -0.15) is 0 Å². The number of nitrogens with two attached hydrogens (primary N) is 6. The number of para-hydroxylation sites is 3. The number of nitrogens with zero attached hydrogens (tertiary/aromatic N) is 3. The average molecular weight is 1210 g/mol. The van der Waals surface area contributed by atoms with Crippen LogP contribution in [0.1, 0.15) is 95.2 Å². The van der Waals surface area contributed by atoms with E-state index in [0.717, 1.165) is 43.8 Å². The lowest BCUT2D eigenvalue weighted by molar-refractivity contribution is -0.142. The van der Waals surface area contributed by atoms with Crippen molar-refractivity contribution in [2.24, 2.45) is 44.4 Å². The number of carbonyl (C=O) groups excluding carboxylic acids is 8. The number of rotatable bonds is 31. The number of carbonyl (C=O) groups is 8. The number of H-pyrrole nitrogens is 3. The van der Waals surface area contributed by atoms with Gasteiger partial charge in [-0.1, -0.05) is 54.6 Å². The highest BCUT2D eigenvalue weighted by Gasteiger charge is 2.40. The second-order valence-corrected chi connectivity index (χ2v) is 23.0. The number of benzene rings is 3. The minimum absolute atomic E-state index is 0.0334. The molecule has 3 aromatic heterocycles. The number of hydrogen-bond donors (Lipinski definition) is 15. The van der Waals surface area contributed by atoms with E-state index in [4.69, 9.17) is 39.1 Å². The molecule has 0 aliphatic carbocycles. The topological polar surface area (TPSA) is 449 Å². The van der Waals surface area contributed by atoms with E-state index in [-0.39, 0.29) is 95.9 Å². The lowest BCUT2D eigenvalue weighted by Gasteiger charge is -2.31. The van der Waals surface area contributed by atoms with E-state index in [0.29, 0.717) is 24.8 Å². The fourth-order valence-corrected chi connectivity index (χ4v) is 10.8. The third kappa shape index (κ3) is 18.9. The molecule has 8 amide bonds. The molecular formula is C61H84N18O9. The molecule has 0 radical (unpaired) electrons. The molecule has 6 aromatic rings. The maximum absolute atomic E-state index is 15.1. The van der Waals surface area contributed by atoms with Gasteiger partial charge in [0.15, 0.2) is 11.9 Å². The van der Waals surface area contributed by atoms with Gasteiger partial charge in [-0.15, -0.1) is 0 Å². The van der Waals surface area contributed by atoms with E-state index in [2.05, 4.69) is 56.8 Å². The number of hydrogen-bond acceptors (Lipinski definition) is 12. The fraction of sp³-hybridized carbons (Fsp3) is 0.443. The zero-order valence-corrected chi connectivity index (χ0v) is 50.0. The van der Waals surface area contributed by atoms with Crippen molar-refractivity contribution < 1.29 is 43.1 Å². The maximum Gasteiger partial charge on any atom is 0.407 e. The average Bonchev–Trinajstić information content (AvgIpc) is 2.95. The van der Waals surface area contributed by atoms with Crippen LogP contribution in [-0.4, -0.2) is 153 Å². The number of ether oxygens (including phenoxy) is 1. The first kappa shape index (κ1) is 65.9. The number of aromatic amines is 3. The second-order valence-electron chi connectivity index (χ2n) is 23.0. The summed E-state index contributed by atoms with van der Waals surface area (Å²) in [5.74, 6) is -5.36. The SMILES string of the molecule is CC(C)(C)OC(=O)NCCCC[C@H](NC(=O)[C@H](CCCN=C(N)N)NC(=O)[C@H](CCCN=C(N)N)NC(=O)[C@H](Cc1c[nH]c2ccccc12)NC(=O)[C@@H]1CCCN1C(=O)[C@H](Cc1c[nH]c2ccccc12)NC(=O)[C@@H](N)Cc1c[nH]c2ccccc12)C(N)=O. The first-order chi connectivity index (χ1) is 42.0. The van der Waals surface area contributed by atoms with Crippen LogP contribution in [0.3, 0.4) is 0 Å². The number of aliphatic imine (C=N–C) groups is 2. The lowest BCUT2D eigenvalue weighted by Crippen LogP contribution is -2.60. The molecule has 472 valence electrons. The van der Waals surface area contributed by atoms with Crippen LogP contribution in [0, 0.1) is 0 Å². The van der Waals surface area contributed by atoms with E-state index in [9.17, 15) is 28.8 Å². The molecule has 88 heavy (non-hydrogen) atoms. The first-order valence-corrected chi connectivity index (χ1v) is 29.6. The smallest absolute Gasteiger partial charge is 0.407 e. The van der Waals surface area contributed by atoms with Crippen LogP contribution < -0.4 is 66.3 Å². The summed E-state index contributed by atoms with van der Waals surface area (Å²) in [6, 6.07) is 14.0.